The highest BCUT2D eigenvalue weighted by atomic mass is 32.1. The predicted octanol–water partition coefficient (Wildman–Crippen LogP) is 2.62. The molecule has 1 aliphatic rings. The zero-order valence-corrected chi connectivity index (χ0v) is 16.3. The van der Waals surface area contributed by atoms with Crippen LogP contribution in [0.4, 0.5) is 5.82 Å². The van der Waals surface area contributed by atoms with Crippen LogP contribution in [-0.4, -0.2) is 41.0 Å². The summed E-state index contributed by atoms with van der Waals surface area (Å²) < 4.78 is 0. The zero-order chi connectivity index (χ0) is 19.3. The third kappa shape index (κ3) is 4.14. The third-order valence-corrected chi connectivity index (χ3v) is 5.67. The molecule has 0 saturated carbocycles. The van der Waals surface area contributed by atoms with E-state index in [-0.39, 0.29) is 11.1 Å². The smallest absolute Gasteiger partial charge is 0.271 e. The number of aromatic nitrogens is 2. The quantitative estimate of drug-likeness (QED) is 0.724. The molecule has 0 amide bonds. The topological polar surface area (TPSA) is 76.0 Å². The first-order chi connectivity index (χ1) is 13.7. The van der Waals surface area contributed by atoms with Crippen LogP contribution in [-0.2, 0) is 13.0 Å². The van der Waals surface area contributed by atoms with Crippen molar-refractivity contribution >= 4 is 17.2 Å². The van der Waals surface area contributed by atoms with Gasteiger partial charge in [0, 0.05) is 39.1 Å². The van der Waals surface area contributed by atoms with Crippen molar-refractivity contribution in [3.8, 4) is 6.07 Å². The lowest BCUT2D eigenvalue weighted by molar-refractivity contribution is 0.249. The van der Waals surface area contributed by atoms with Crippen LogP contribution in [0.15, 0.2) is 52.0 Å². The van der Waals surface area contributed by atoms with E-state index < -0.39 is 0 Å². The Kier molecular flexibility index (Phi) is 5.51. The first-order valence-corrected chi connectivity index (χ1v) is 10.2. The van der Waals surface area contributed by atoms with E-state index in [0.717, 1.165) is 38.3 Å². The zero-order valence-electron chi connectivity index (χ0n) is 15.5. The molecule has 1 N–H and O–H groups in total. The highest BCUT2D eigenvalue weighted by Crippen LogP contribution is 2.19. The van der Waals surface area contributed by atoms with Crippen molar-refractivity contribution in [2.45, 2.75) is 13.0 Å². The summed E-state index contributed by atoms with van der Waals surface area (Å²) in [5.41, 5.74) is 2.15. The van der Waals surface area contributed by atoms with Crippen LogP contribution in [0.3, 0.4) is 0 Å². The van der Waals surface area contributed by atoms with Crippen LogP contribution in [0.5, 0.6) is 0 Å². The van der Waals surface area contributed by atoms with Gasteiger partial charge in [-0.3, -0.25) is 9.69 Å². The van der Waals surface area contributed by atoms with Gasteiger partial charge in [-0.2, -0.15) is 16.6 Å². The number of hydrogen-bond acceptors (Lipinski definition) is 6. The maximum atomic E-state index is 12.4. The van der Waals surface area contributed by atoms with Gasteiger partial charge in [0.05, 0.1) is 0 Å². The molecular weight excluding hydrogens is 370 g/mol. The molecule has 0 radical (unpaired) electrons. The molecule has 6 nitrogen and oxygen atoms in total. The van der Waals surface area contributed by atoms with Crippen molar-refractivity contribution in [2.75, 3.05) is 31.1 Å². The molecule has 1 aromatic carbocycles. The molecule has 1 fully saturated rings. The normalized spacial score (nSPS) is 14.8. The minimum absolute atomic E-state index is 0.102. The van der Waals surface area contributed by atoms with Gasteiger partial charge in [-0.15, -0.1) is 0 Å². The molecule has 28 heavy (non-hydrogen) atoms. The van der Waals surface area contributed by atoms with Crippen LogP contribution in [0.1, 0.15) is 22.5 Å². The minimum Gasteiger partial charge on any atom is -0.353 e. The lowest BCUT2D eigenvalue weighted by Crippen LogP contribution is -2.47. The van der Waals surface area contributed by atoms with Crippen molar-refractivity contribution in [1.82, 2.24) is 14.9 Å². The molecule has 0 aliphatic carbocycles. The number of aromatic amines is 1. The van der Waals surface area contributed by atoms with Crippen LogP contribution in [0, 0.1) is 11.3 Å². The molecule has 3 heterocycles. The summed E-state index contributed by atoms with van der Waals surface area (Å²) in [5, 5.41) is 13.5. The number of thiophene rings is 1. The standard InChI is InChI=1S/C21H21N5OS/c22-13-18-20(23-19(24-21(18)27)12-17-6-11-28-15-17)26-9-7-25(8-10-26)14-16-4-2-1-3-5-16/h1-6,11,15H,7-10,12,14H2,(H,23,24,27). The molecule has 0 bridgehead atoms. The fourth-order valence-corrected chi connectivity index (χ4v) is 4.13. The van der Waals surface area contributed by atoms with Gasteiger partial charge in [-0.25, -0.2) is 4.98 Å². The summed E-state index contributed by atoms with van der Waals surface area (Å²) in [6.07, 6.45) is 0.561. The van der Waals surface area contributed by atoms with Crippen molar-refractivity contribution in [1.29, 1.82) is 5.26 Å². The molecule has 0 unspecified atom stereocenters. The second-order valence-corrected chi connectivity index (χ2v) is 7.66. The van der Waals surface area contributed by atoms with Crippen LogP contribution in [0.2, 0.25) is 0 Å². The Morgan fingerprint density at radius 3 is 2.57 bits per heavy atom. The maximum Gasteiger partial charge on any atom is 0.271 e. The summed E-state index contributed by atoms with van der Waals surface area (Å²) in [6.45, 7) is 4.14. The Hall–Kier alpha value is -2.95. The van der Waals surface area contributed by atoms with Gasteiger partial charge in [0.2, 0.25) is 0 Å². The summed E-state index contributed by atoms with van der Waals surface area (Å²) in [7, 11) is 0. The average Bonchev–Trinajstić information content (AvgIpc) is 3.22. The molecular formula is C21H21N5OS. The van der Waals surface area contributed by atoms with Crippen molar-refractivity contribution in [2.24, 2.45) is 0 Å². The Morgan fingerprint density at radius 2 is 1.89 bits per heavy atom. The fourth-order valence-electron chi connectivity index (χ4n) is 3.47. The summed E-state index contributed by atoms with van der Waals surface area (Å²) in [6, 6.07) is 14.5. The van der Waals surface area contributed by atoms with E-state index in [1.807, 2.05) is 29.0 Å². The molecule has 3 aromatic rings. The Labute approximate surface area is 167 Å². The molecule has 0 spiro atoms. The highest BCUT2D eigenvalue weighted by Gasteiger charge is 2.23. The van der Waals surface area contributed by atoms with E-state index in [1.54, 1.807) is 11.3 Å². The van der Waals surface area contributed by atoms with E-state index >= 15 is 0 Å². The van der Waals surface area contributed by atoms with Gasteiger partial charge in [0.1, 0.15) is 11.9 Å². The van der Waals surface area contributed by atoms with Gasteiger partial charge >= 0.3 is 0 Å². The lowest BCUT2D eigenvalue weighted by Gasteiger charge is -2.35. The van der Waals surface area contributed by atoms with Gasteiger partial charge < -0.3 is 9.88 Å². The number of piperazine rings is 1. The van der Waals surface area contributed by atoms with E-state index in [0.29, 0.717) is 18.1 Å². The maximum absolute atomic E-state index is 12.4. The molecule has 142 valence electrons. The summed E-state index contributed by atoms with van der Waals surface area (Å²) in [4.78, 5) is 24.3. The first kappa shape index (κ1) is 18.4. The number of nitrogens with zero attached hydrogens (tertiary/aromatic N) is 4. The number of H-pyrrole nitrogens is 1. The van der Waals surface area contributed by atoms with E-state index in [2.05, 4.69) is 44.0 Å². The highest BCUT2D eigenvalue weighted by molar-refractivity contribution is 7.07. The second kappa shape index (κ2) is 8.38. The Morgan fingerprint density at radius 1 is 1.11 bits per heavy atom. The minimum atomic E-state index is -0.357. The van der Waals surface area contributed by atoms with Crippen molar-refractivity contribution in [3.05, 3.63) is 80.0 Å². The van der Waals surface area contributed by atoms with Gasteiger partial charge in [-0.1, -0.05) is 30.3 Å². The number of benzene rings is 1. The molecule has 1 saturated heterocycles. The van der Waals surface area contributed by atoms with Crippen LogP contribution >= 0.6 is 11.3 Å². The first-order valence-electron chi connectivity index (χ1n) is 9.28. The van der Waals surface area contributed by atoms with Gasteiger partial charge in [0.25, 0.3) is 5.56 Å². The molecule has 1 aliphatic heterocycles. The Bertz CT molecular complexity index is 1020. The number of rotatable bonds is 5. The largest absolute Gasteiger partial charge is 0.353 e. The Balaban J connectivity index is 1.50. The molecule has 7 heteroatoms. The number of anilines is 1. The van der Waals surface area contributed by atoms with Crippen molar-refractivity contribution in [3.63, 3.8) is 0 Å². The number of hydrogen-bond donors (Lipinski definition) is 1. The molecule has 4 rings (SSSR count). The van der Waals surface area contributed by atoms with Gasteiger partial charge in [0.15, 0.2) is 11.4 Å². The van der Waals surface area contributed by atoms with Gasteiger partial charge in [-0.05, 0) is 28.0 Å². The second-order valence-electron chi connectivity index (χ2n) is 6.88. The van der Waals surface area contributed by atoms with E-state index in [4.69, 9.17) is 0 Å². The summed E-state index contributed by atoms with van der Waals surface area (Å²) >= 11 is 1.62. The third-order valence-electron chi connectivity index (χ3n) is 4.93. The molecule has 0 atom stereocenters. The van der Waals surface area contributed by atoms with Crippen molar-refractivity contribution < 1.29 is 0 Å². The molecule has 2 aromatic heterocycles. The summed E-state index contributed by atoms with van der Waals surface area (Å²) in [5.74, 6) is 1.11. The lowest BCUT2D eigenvalue weighted by atomic mass is 10.2. The average molecular weight is 392 g/mol. The SMILES string of the molecule is N#Cc1c(N2CCN(Cc3ccccc3)CC2)nc(Cc2ccsc2)[nH]c1=O. The van der Waals surface area contributed by atoms with E-state index in [1.165, 1.54) is 5.56 Å². The van der Waals surface area contributed by atoms with E-state index in [9.17, 15) is 10.1 Å². The number of nitriles is 1. The predicted molar refractivity (Wildman–Crippen MR) is 111 cm³/mol. The van der Waals surface area contributed by atoms with Crippen LogP contribution < -0.4 is 10.5 Å². The fraction of sp³-hybridized carbons (Fsp3) is 0.286. The number of nitrogens with one attached hydrogen (secondary N) is 1. The van der Waals surface area contributed by atoms with Crippen LogP contribution in [0.25, 0.3) is 0 Å². The monoisotopic (exact) mass is 391 g/mol.